The molecular formula is C17H18N6O2. The van der Waals surface area contributed by atoms with Crippen molar-refractivity contribution >= 4 is 11.8 Å². The van der Waals surface area contributed by atoms with Crippen LogP contribution in [-0.2, 0) is 4.74 Å². The first-order chi connectivity index (χ1) is 12.3. The zero-order chi connectivity index (χ0) is 17.2. The first-order valence-electron chi connectivity index (χ1n) is 8.32. The topological polar surface area (TPSA) is 85.5 Å². The van der Waals surface area contributed by atoms with Gasteiger partial charge in [0.05, 0.1) is 18.3 Å². The van der Waals surface area contributed by atoms with E-state index in [-0.39, 0.29) is 12.0 Å². The molecule has 25 heavy (non-hydrogen) atoms. The molecule has 4 rings (SSSR count). The molecule has 0 spiro atoms. The van der Waals surface area contributed by atoms with Gasteiger partial charge in [0.15, 0.2) is 0 Å². The normalized spacial score (nSPS) is 21.8. The van der Waals surface area contributed by atoms with E-state index in [1.165, 1.54) is 5.01 Å². The van der Waals surface area contributed by atoms with Crippen LogP contribution in [0.25, 0.3) is 5.69 Å². The van der Waals surface area contributed by atoms with E-state index in [0.717, 1.165) is 12.1 Å². The van der Waals surface area contributed by atoms with E-state index < -0.39 is 6.09 Å². The van der Waals surface area contributed by atoms with E-state index in [1.54, 1.807) is 11.6 Å². The first kappa shape index (κ1) is 15.5. The number of amides is 1. The maximum atomic E-state index is 12.3. The van der Waals surface area contributed by atoms with Crippen LogP contribution in [0.1, 0.15) is 25.6 Å². The SMILES string of the molecule is CCOC(=O)N1N=C(c2nnnn2-c2ccccc2)CC2CC=CC21. The Bertz CT molecular complexity index is 829. The van der Waals surface area contributed by atoms with E-state index >= 15 is 0 Å². The Kier molecular flexibility index (Phi) is 4.01. The van der Waals surface area contributed by atoms with Gasteiger partial charge in [-0.25, -0.2) is 4.79 Å². The van der Waals surface area contributed by atoms with Crippen molar-refractivity contribution in [2.45, 2.75) is 25.8 Å². The summed E-state index contributed by atoms with van der Waals surface area (Å²) in [6.07, 6.45) is 5.26. The van der Waals surface area contributed by atoms with Gasteiger partial charge < -0.3 is 4.74 Å². The second-order valence-corrected chi connectivity index (χ2v) is 5.96. The van der Waals surface area contributed by atoms with Gasteiger partial charge in [0.1, 0.15) is 5.71 Å². The highest BCUT2D eigenvalue weighted by Gasteiger charge is 2.38. The minimum absolute atomic E-state index is 0.0659. The molecule has 1 aromatic carbocycles. The predicted octanol–water partition coefficient (Wildman–Crippen LogP) is 2.17. The van der Waals surface area contributed by atoms with Crippen molar-refractivity contribution < 1.29 is 9.53 Å². The van der Waals surface area contributed by atoms with Crippen molar-refractivity contribution in [3.8, 4) is 5.69 Å². The average molecular weight is 338 g/mol. The van der Waals surface area contributed by atoms with Gasteiger partial charge in [-0.05, 0) is 41.8 Å². The Balaban J connectivity index is 1.72. The van der Waals surface area contributed by atoms with E-state index in [0.29, 0.717) is 24.6 Å². The van der Waals surface area contributed by atoms with Crippen LogP contribution < -0.4 is 0 Å². The molecule has 128 valence electrons. The van der Waals surface area contributed by atoms with Crippen LogP contribution in [0.4, 0.5) is 4.79 Å². The number of hydrogen-bond acceptors (Lipinski definition) is 6. The third-order valence-electron chi connectivity index (χ3n) is 4.40. The van der Waals surface area contributed by atoms with E-state index in [1.807, 2.05) is 36.4 Å². The Hall–Kier alpha value is -3.03. The molecule has 2 heterocycles. The summed E-state index contributed by atoms with van der Waals surface area (Å²) in [6, 6.07) is 9.56. The molecular weight excluding hydrogens is 320 g/mol. The number of tetrazole rings is 1. The van der Waals surface area contributed by atoms with Crippen molar-refractivity contribution in [2.75, 3.05) is 6.61 Å². The largest absolute Gasteiger partial charge is 0.448 e. The average Bonchev–Trinajstić information content (AvgIpc) is 3.31. The molecule has 0 bridgehead atoms. The lowest BCUT2D eigenvalue weighted by atomic mass is 9.93. The summed E-state index contributed by atoms with van der Waals surface area (Å²) >= 11 is 0. The fourth-order valence-corrected chi connectivity index (χ4v) is 3.26. The molecule has 1 aliphatic carbocycles. The van der Waals surface area contributed by atoms with Gasteiger partial charge in [-0.1, -0.05) is 30.4 Å². The molecule has 2 aromatic rings. The molecule has 8 heteroatoms. The van der Waals surface area contributed by atoms with Crippen LogP contribution in [-0.4, -0.2) is 49.7 Å². The van der Waals surface area contributed by atoms with E-state index in [9.17, 15) is 4.79 Å². The minimum atomic E-state index is -0.444. The van der Waals surface area contributed by atoms with Gasteiger partial charge >= 0.3 is 6.09 Å². The second kappa shape index (κ2) is 6.46. The van der Waals surface area contributed by atoms with Gasteiger partial charge in [-0.3, -0.25) is 0 Å². The lowest BCUT2D eigenvalue weighted by Gasteiger charge is -2.32. The fraction of sp³-hybridized carbons (Fsp3) is 0.353. The molecule has 1 aromatic heterocycles. The Morgan fingerprint density at radius 1 is 1.32 bits per heavy atom. The van der Waals surface area contributed by atoms with Gasteiger partial charge in [0, 0.05) is 6.42 Å². The van der Waals surface area contributed by atoms with Crippen LogP contribution in [0.5, 0.6) is 0 Å². The van der Waals surface area contributed by atoms with E-state index in [2.05, 4.69) is 26.7 Å². The molecule has 1 aliphatic heterocycles. The van der Waals surface area contributed by atoms with Crippen LogP contribution in [0.3, 0.4) is 0 Å². The second-order valence-electron chi connectivity index (χ2n) is 5.96. The number of benzene rings is 1. The highest BCUT2D eigenvalue weighted by molar-refractivity contribution is 5.99. The van der Waals surface area contributed by atoms with Crippen molar-refractivity contribution in [2.24, 2.45) is 11.0 Å². The number of para-hydroxylation sites is 1. The number of hydrazone groups is 1. The standard InChI is InChI=1S/C17H18N6O2/c1-2-25-17(24)23-15-10-6-7-12(15)11-14(19-23)16-18-20-21-22(16)13-8-4-3-5-9-13/h3-6,8-10,12,15H,2,7,11H2,1H3. The van der Waals surface area contributed by atoms with Crippen LogP contribution in [0, 0.1) is 5.92 Å². The summed E-state index contributed by atoms with van der Waals surface area (Å²) in [5.74, 6) is 0.809. The number of carbonyl (C=O) groups excluding carboxylic acids is 1. The number of nitrogens with zero attached hydrogens (tertiary/aromatic N) is 6. The maximum absolute atomic E-state index is 12.3. The molecule has 1 amide bonds. The lowest BCUT2D eigenvalue weighted by Crippen LogP contribution is -2.44. The number of fused-ring (bicyclic) bond motifs is 1. The highest BCUT2D eigenvalue weighted by atomic mass is 16.6. The van der Waals surface area contributed by atoms with Crippen LogP contribution in [0.15, 0.2) is 47.6 Å². The number of aromatic nitrogens is 4. The monoisotopic (exact) mass is 338 g/mol. The van der Waals surface area contributed by atoms with Gasteiger partial charge in [0.25, 0.3) is 0 Å². The van der Waals surface area contributed by atoms with Crippen molar-refractivity contribution in [1.82, 2.24) is 25.2 Å². The minimum Gasteiger partial charge on any atom is -0.448 e. The molecule has 2 unspecified atom stereocenters. The first-order valence-corrected chi connectivity index (χ1v) is 8.32. The van der Waals surface area contributed by atoms with Gasteiger partial charge in [-0.15, -0.1) is 5.10 Å². The van der Waals surface area contributed by atoms with Crippen LogP contribution >= 0.6 is 0 Å². The summed E-state index contributed by atoms with van der Waals surface area (Å²) < 4.78 is 6.80. The van der Waals surface area contributed by atoms with Crippen LogP contribution in [0.2, 0.25) is 0 Å². The number of ether oxygens (including phenoxy) is 1. The summed E-state index contributed by atoms with van der Waals surface area (Å²) in [5.41, 5.74) is 1.53. The third kappa shape index (κ3) is 2.79. The lowest BCUT2D eigenvalue weighted by molar-refractivity contribution is 0.0868. The fourth-order valence-electron chi connectivity index (χ4n) is 3.26. The molecule has 0 saturated heterocycles. The van der Waals surface area contributed by atoms with E-state index in [4.69, 9.17) is 4.74 Å². The van der Waals surface area contributed by atoms with Crippen molar-refractivity contribution in [3.63, 3.8) is 0 Å². The number of rotatable bonds is 3. The Morgan fingerprint density at radius 3 is 2.96 bits per heavy atom. The quantitative estimate of drug-likeness (QED) is 0.801. The molecule has 0 saturated carbocycles. The highest BCUT2D eigenvalue weighted by Crippen LogP contribution is 2.33. The summed E-state index contributed by atoms with van der Waals surface area (Å²) in [5, 5.41) is 18.0. The summed E-state index contributed by atoms with van der Waals surface area (Å²) in [4.78, 5) is 12.3. The van der Waals surface area contributed by atoms with Gasteiger partial charge in [-0.2, -0.15) is 14.8 Å². The number of carbonyl (C=O) groups is 1. The maximum Gasteiger partial charge on any atom is 0.430 e. The number of allylic oxidation sites excluding steroid dienone is 1. The zero-order valence-corrected chi connectivity index (χ0v) is 13.8. The van der Waals surface area contributed by atoms with Crippen molar-refractivity contribution in [3.05, 3.63) is 48.3 Å². The molecule has 0 fully saturated rings. The molecule has 2 atom stereocenters. The molecule has 8 nitrogen and oxygen atoms in total. The van der Waals surface area contributed by atoms with Crippen molar-refractivity contribution in [1.29, 1.82) is 0 Å². The Morgan fingerprint density at radius 2 is 2.16 bits per heavy atom. The predicted molar refractivity (Wildman–Crippen MR) is 90.2 cm³/mol. The summed E-state index contributed by atoms with van der Waals surface area (Å²) in [6.45, 7) is 2.09. The zero-order valence-electron chi connectivity index (χ0n) is 13.8. The van der Waals surface area contributed by atoms with Gasteiger partial charge in [0.2, 0.25) is 5.82 Å². The molecule has 2 aliphatic rings. The molecule has 0 N–H and O–H groups in total. The smallest absolute Gasteiger partial charge is 0.430 e. The third-order valence-corrected chi connectivity index (χ3v) is 4.40. The Labute approximate surface area is 144 Å². The summed E-state index contributed by atoms with van der Waals surface area (Å²) in [7, 11) is 0. The number of hydrogen-bond donors (Lipinski definition) is 0. The molecule has 0 radical (unpaired) electrons.